The van der Waals surface area contributed by atoms with Gasteiger partial charge >= 0.3 is 0 Å². The average Bonchev–Trinajstić information content (AvgIpc) is 3.14. The molecule has 1 atom stereocenters. The molecule has 3 aromatic rings. The number of aromatic nitrogens is 2. The van der Waals surface area contributed by atoms with Crippen LogP contribution in [-0.4, -0.2) is 46.8 Å². The number of hydrogen-bond acceptors (Lipinski definition) is 4. The summed E-state index contributed by atoms with van der Waals surface area (Å²) in [6.45, 7) is 2.57. The Morgan fingerprint density at radius 3 is 2.56 bits per heavy atom. The van der Waals surface area contributed by atoms with Crippen LogP contribution in [0.1, 0.15) is 27.7 Å². The van der Waals surface area contributed by atoms with E-state index in [1.165, 1.54) is 11.1 Å². The lowest BCUT2D eigenvalue weighted by Gasteiger charge is -2.26. The Balaban J connectivity index is 1.70. The number of H-pyrrole nitrogens is 1. The zero-order valence-corrected chi connectivity index (χ0v) is 15.7. The van der Waals surface area contributed by atoms with Crippen molar-refractivity contribution in [1.29, 1.82) is 0 Å². The lowest BCUT2D eigenvalue weighted by molar-refractivity contribution is 0.0936. The topological polar surface area (TPSA) is 81.2 Å². The molecule has 0 bridgehead atoms. The van der Waals surface area contributed by atoms with Crippen molar-refractivity contribution in [3.8, 4) is 17.0 Å². The van der Waals surface area contributed by atoms with Crippen molar-refractivity contribution in [2.24, 2.45) is 0 Å². The summed E-state index contributed by atoms with van der Waals surface area (Å²) in [5, 5.41) is 19.3. The van der Waals surface area contributed by atoms with Gasteiger partial charge in [-0.25, -0.2) is 0 Å². The molecule has 27 heavy (non-hydrogen) atoms. The third-order valence-corrected chi connectivity index (χ3v) is 4.61. The molecule has 0 spiro atoms. The van der Waals surface area contributed by atoms with Gasteiger partial charge < -0.3 is 15.3 Å². The number of nitrogens with zero attached hydrogens (tertiary/aromatic N) is 2. The van der Waals surface area contributed by atoms with E-state index in [4.69, 9.17) is 0 Å². The minimum absolute atomic E-state index is 0.0784. The van der Waals surface area contributed by atoms with Gasteiger partial charge in [0.15, 0.2) is 0 Å². The second-order valence-electron chi connectivity index (χ2n) is 6.76. The van der Waals surface area contributed by atoms with Crippen LogP contribution in [0.2, 0.25) is 0 Å². The fourth-order valence-corrected chi connectivity index (χ4v) is 3.03. The quantitative estimate of drug-likeness (QED) is 0.628. The van der Waals surface area contributed by atoms with Gasteiger partial charge in [0.05, 0.1) is 11.7 Å². The van der Waals surface area contributed by atoms with E-state index in [9.17, 15) is 9.90 Å². The number of phenolic OH excluding ortho intramolecular Hbond substituents is 1. The summed E-state index contributed by atoms with van der Waals surface area (Å²) in [5.74, 6) is -0.00820. The fourth-order valence-electron chi connectivity index (χ4n) is 3.03. The molecule has 6 heteroatoms. The van der Waals surface area contributed by atoms with E-state index < -0.39 is 0 Å². The predicted octanol–water partition coefficient (Wildman–Crippen LogP) is 3.12. The van der Waals surface area contributed by atoms with Gasteiger partial charge in [0.25, 0.3) is 5.91 Å². The van der Waals surface area contributed by atoms with Gasteiger partial charge in [-0.15, -0.1) is 0 Å². The first-order valence-corrected chi connectivity index (χ1v) is 8.80. The van der Waals surface area contributed by atoms with Crippen molar-refractivity contribution in [2.75, 3.05) is 20.6 Å². The predicted molar refractivity (Wildman–Crippen MR) is 106 cm³/mol. The number of nitrogens with one attached hydrogen (secondary N) is 2. The molecular formula is C21H24N4O2. The first-order chi connectivity index (χ1) is 13.0. The highest BCUT2D eigenvalue weighted by molar-refractivity contribution is 5.93. The van der Waals surface area contributed by atoms with Gasteiger partial charge in [-0.1, -0.05) is 24.3 Å². The number of aromatic hydroxyl groups is 1. The molecule has 3 rings (SSSR count). The SMILES string of the molecule is Cc1ccccc1[C@@H](CNC(=O)c1cc(-c2ccc(O)cc2)n[nH]1)N(C)C. The minimum atomic E-state index is -0.201. The van der Waals surface area contributed by atoms with E-state index in [2.05, 4.69) is 39.5 Å². The number of amides is 1. The summed E-state index contributed by atoms with van der Waals surface area (Å²) in [5.41, 5.74) is 4.27. The van der Waals surface area contributed by atoms with Crippen LogP contribution < -0.4 is 5.32 Å². The molecular weight excluding hydrogens is 340 g/mol. The Labute approximate surface area is 158 Å². The summed E-state index contributed by atoms with van der Waals surface area (Å²) >= 11 is 0. The van der Waals surface area contributed by atoms with Crippen molar-refractivity contribution in [3.63, 3.8) is 0 Å². The molecule has 0 fully saturated rings. The first kappa shape index (κ1) is 18.7. The summed E-state index contributed by atoms with van der Waals surface area (Å²) < 4.78 is 0. The zero-order valence-electron chi connectivity index (χ0n) is 15.7. The molecule has 0 saturated heterocycles. The van der Waals surface area contributed by atoms with E-state index in [0.29, 0.717) is 17.9 Å². The molecule has 0 radical (unpaired) electrons. The molecule has 2 aromatic carbocycles. The van der Waals surface area contributed by atoms with Crippen LogP contribution in [0.4, 0.5) is 0 Å². The standard InChI is InChI=1S/C21H24N4O2/c1-14-6-4-5-7-17(14)20(25(2)3)13-22-21(27)19-12-18(23-24-19)15-8-10-16(26)11-9-15/h4-12,20,26H,13H2,1-3H3,(H,22,27)(H,23,24)/t20-/m1/s1. The molecule has 1 amide bonds. The number of aromatic amines is 1. The maximum Gasteiger partial charge on any atom is 0.269 e. The molecule has 0 aliphatic carbocycles. The highest BCUT2D eigenvalue weighted by Crippen LogP contribution is 2.22. The Hall–Kier alpha value is -3.12. The van der Waals surface area contributed by atoms with Gasteiger partial charge in [0, 0.05) is 12.1 Å². The van der Waals surface area contributed by atoms with Crippen molar-refractivity contribution < 1.29 is 9.90 Å². The molecule has 6 nitrogen and oxygen atoms in total. The summed E-state index contributed by atoms with van der Waals surface area (Å²) in [4.78, 5) is 14.6. The van der Waals surface area contributed by atoms with E-state index in [0.717, 1.165) is 5.56 Å². The molecule has 0 aliphatic heterocycles. The van der Waals surface area contributed by atoms with Crippen LogP contribution in [0.3, 0.4) is 0 Å². The number of phenols is 1. The summed E-state index contributed by atoms with van der Waals surface area (Å²) in [7, 11) is 4.00. The Morgan fingerprint density at radius 1 is 1.19 bits per heavy atom. The Kier molecular flexibility index (Phi) is 5.57. The number of carbonyl (C=O) groups is 1. The van der Waals surface area contributed by atoms with Gasteiger partial charge in [-0.05, 0) is 62.5 Å². The smallest absolute Gasteiger partial charge is 0.269 e. The number of benzene rings is 2. The van der Waals surface area contributed by atoms with Crippen LogP contribution in [0, 0.1) is 6.92 Å². The number of aryl methyl sites for hydroxylation is 1. The highest BCUT2D eigenvalue weighted by atomic mass is 16.3. The van der Waals surface area contributed by atoms with Crippen molar-refractivity contribution in [1.82, 2.24) is 20.4 Å². The molecule has 0 aliphatic rings. The molecule has 1 heterocycles. The van der Waals surface area contributed by atoms with Gasteiger partial charge in [-0.3, -0.25) is 9.89 Å². The maximum absolute atomic E-state index is 12.5. The number of likely N-dealkylation sites (N-methyl/N-ethyl adjacent to an activating group) is 1. The molecule has 0 saturated carbocycles. The van der Waals surface area contributed by atoms with Gasteiger partial charge in [0.1, 0.15) is 11.4 Å². The van der Waals surface area contributed by atoms with E-state index in [-0.39, 0.29) is 17.7 Å². The van der Waals surface area contributed by atoms with Crippen LogP contribution in [0.15, 0.2) is 54.6 Å². The Morgan fingerprint density at radius 2 is 1.89 bits per heavy atom. The number of carbonyl (C=O) groups excluding carboxylic acids is 1. The van der Waals surface area contributed by atoms with Crippen LogP contribution in [-0.2, 0) is 0 Å². The van der Waals surface area contributed by atoms with E-state index >= 15 is 0 Å². The van der Waals surface area contributed by atoms with Crippen molar-refractivity contribution in [2.45, 2.75) is 13.0 Å². The maximum atomic E-state index is 12.5. The third kappa shape index (κ3) is 4.35. The second kappa shape index (κ2) is 8.05. The Bertz CT molecular complexity index is 916. The van der Waals surface area contributed by atoms with E-state index in [1.807, 2.05) is 26.2 Å². The molecule has 1 aromatic heterocycles. The molecule has 140 valence electrons. The van der Waals surface area contributed by atoms with E-state index in [1.54, 1.807) is 30.3 Å². The largest absolute Gasteiger partial charge is 0.508 e. The summed E-state index contributed by atoms with van der Waals surface area (Å²) in [6.07, 6.45) is 0. The zero-order chi connectivity index (χ0) is 19.4. The monoisotopic (exact) mass is 364 g/mol. The number of hydrogen-bond donors (Lipinski definition) is 3. The van der Waals surface area contributed by atoms with Crippen molar-refractivity contribution in [3.05, 3.63) is 71.4 Å². The second-order valence-corrected chi connectivity index (χ2v) is 6.76. The fraction of sp³-hybridized carbons (Fsp3) is 0.238. The number of rotatable bonds is 6. The van der Waals surface area contributed by atoms with Crippen LogP contribution in [0.5, 0.6) is 5.75 Å². The van der Waals surface area contributed by atoms with Crippen LogP contribution >= 0.6 is 0 Å². The normalized spacial score (nSPS) is 12.1. The lowest BCUT2D eigenvalue weighted by Crippen LogP contribution is -2.35. The minimum Gasteiger partial charge on any atom is -0.508 e. The first-order valence-electron chi connectivity index (χ1n) is 8.80. The third-order valence-electron chi connectivity index (χ3n) is 4.61. The lowest BCUT2D eigenvalue weighted by atomic mass is 10.0. The van der Waals surface area contributed by atoms with Gasteiger partial charge in [-0.2, -0.15) is 5.10 Å². The van der Waals surface area contributed by atoms with Crippen LogP contribution in [0.25, 0.3) is 11.3 Å². The highest BCUT2D eigenvalue weighted by Gasteiger charge is 2.18. The van der Waals surface area contributed by atoms with Gasteiger partial charge in [0.2, 0.25) is 0 Å². The average molecular weight is 364 g/mol. The molecule has 0 unspecified atom stereocenters. The molecule has 3 N–H and O–H groups in total. The van der Waals surface area contributed by atoms with Crippen molar-refractivity contribution >= 4 is 5.91 Å². The summed E-state index contributed by atoms with van der Waals surface area (Å²) in [6, 6.07) is 16.7.